The molecule has 3 aromatic rings. The molecule has 0 fully saturated rings. The average Bonchev–Trinajstić information content (AvgIpc) is 3.25. The van der Waals surface area contributed by atoms with Crippen LogP contribution in [-0.2, 0) is 32.1 Å². The molecule has 0 amide bonds. The van der Waals surface area contributed by atoms with Crippen molar-refractivity contribution in [2.24, 2.45) is 7.05 Å². The lowest BCUT2D eigenvalue weighted by Gasteiger charge is -2.38. The van der Waals surface area contributed by atoms with Gasteiger partial charge in [0.15, 0.2) is 0 Å². The summed E-state index contributed by atoms with van der Waals surface area (Å²) in [5.41, 5.74) is -4.51. The number of aryl methyl sites for hydroxylation is 1. The summed E-state index contributed by atoms with van der Waals surface area (Å²) in [5, 5.41) is 14.6. The van der Waals surface area contributed by atoms with Crippen LogP contribution in [0.15, 0.2) is 30.3 Å². The van der Waals surface area contributed by atoms with Gasteiger partial charge in [0.25, 0.3) is 5.95 Å². The first-order valence-corrected chi connectivity index (χ1v) is 11.2. The Bertz CT molecular complexity index is 1270. The van der Waals surface area contributed by atoms with E-state index in [4.69, 9.17) is 0 Å². The summed E-state index contributed by atoms with van der Waals surface area (Å²) in [6, 6.07) is 1.75. The number of alkyl halides is 9. The summed E-state index contributed by atoms with van der Waals surface area (Å²) in [7, 11) is 1.38. The highest BCUT2D eigenvalue weighted by molar-refractivity contribution is 5.56. The molecule has 0 radical (unpaired) electrons. The topological polar surface area (TPSA) is 71.8 Å². The van der Waals surface area contributed by atoms with E-state index in [9.17, 15) is 39.5 Å². The van der Waals surface area contributed by atoms with Crippen LogP contribution < -0.4 is 10.2 Å². The van der Waals surface area contributed by atoms with E-state index in [2.05, 4.69) is 25.7 Å². The van der Waals surface area contributed by atoms with Crippen LogP contribution in [0.3, 0.4) is 0 Å². The van der Waals surface area contributed by atoms with Crippen molar-refractivity contribution in [3.05, 3.63) is 58.4 Å². The summed E-state index contributed by atoms with van der Waals surface area (Å²) in [6.45, 7) is 1.21. The van der Waals surface area contributed by atoms with Crippen molar-refractivity contribution in [3.63, 3.8) is 0 Å². The molecular weight excluding hydrogens is 533 g/mol. The van der Waals surface area contributed by atoms with Gasteiger partial charge in [0.1, 0.15) is 5.69 Å². The number of pyridine rings is 1. The van der Waals surface area contributed by atoms with Gasteiger partial charge in [-0.2, -0.15) is 44.3 Å². The van der Waals surface area contributed by atoms with Crippen molar-refractivity contribution in [2.45, 2.75) is 56.9 Å². The number of anilines is 2. The second kappa shape index (κ2) is 9.62. The zero-order chi connectivity index (χ0) is 28.0. The van der Waals surface area contributed by atoms with Crippen LogP contribution in [-0.4, -0.2) is 31.2 Å². The Morgan fingerprint density at radius 1 is 0.947 bits per heavy atom. The molecule has 16 heteroatoms. The Hall–Kier alpha value is -3.59. The highest BCUT2D eigenvalue weighted by atomic mass is 19.4. The fourth-order valence-corrected chi connectivity index (χ4v) is 4.23. The van der Waals surface area contributed by atoms with Crippen LogP contribution in [0.2, 0.25) is 0 Å². The Labute approximate surface area is 209 Å². The number of nitrogens with one attached hydrogen (secondary N) is 1. The zero-order valence-corrected chi connectivity index (χ0v) is 19.7. The molecule has 1 N–H and O–H groups in total. The lowest BCUT2D eigenvalue weighted by Crippen LogP contribution is -2.39. The minimum absolute atomic E-state index is 0.00147. The summed E-state index contributed by atoms with van der Waals surface area (Å²) in [4.78, 5) is 6.00. The van der Waals surface area contributed by atoms with Crippen LogP contribution in [0.5, 0.6) is 0 Å². The molecule has 0 spiro atoms. The SMILES string of the molecule is CCC1CC(N(Cc2cc(C(F)(F)F)cc(C(F)(F)F)c2)c2nnn(C)n2)c2nc(C(F)(F)F)ccc2N1. The van der Waals surface area contributed by atoms with E-state index in [-0.39, 0.29) is 35.9 Å². The average molecular weight is 553 g/mol. The third-order valence-corrected chi connectivity index (χ3v) is 6.02. The van der Waals surface area contributed by atoms with Crippen molar-refractivity contribution < 1.29 is 39.5 Å². The van der Waals surface area contributed by atoms with Crippen molar-refractivity contribution in [2.75, 3.05) is 10.2 Å². The molecule has 0 saturated heterocycles. The van der Waals surface area contributed by atoms with Crippen LogP contribution >= 0.6 is 0 Å². The van der Waals surface area contributed by atoms with E-state index >= 15 is 0 Å². The van der Waals surface area contributed by atoms with Gasteiger partial charge in [0, 0.05) is 12.6 Å². The van der Waals surface area contributed by atoms with Gasteiger partial charge in [-0.25, -0.2) is 4.98 Å². The van der Waals surface area contributed by atoms with Crippen molar-refractivity contribution in [1.82, 2.24) is 25.2 Å². The predicted molar refractivity (Wildman–Crippen MR) is 116 cm³/mol. The van der Waals surface area contributed by atoms with Gasteiger partial charge >= 0.3 is 18.5 Å². The molecule has 7 nitrogen and oxygen atoms in total. The number of benzene rings is 1. The summed E-state index contributed by atoms with van der Waals surface area (Å²) in [5.74, 6) is -0.203. The molecule has 1 aliphatic rings. The minimum atomic E-state index is -5.08. The first kappa shape index (κ1) is 27.4. The van der Waals surface area contributed by atoms with Crippen molar-refractivity contribution >= 4 is 11.6 Å². The second-order valence-electron chi connectivity index (χ2n) is 8.75. The fourth-order valence-electron chi connectivity index (χ4n) is 4.23. The van der Waals surface area contributed by atoms with Crippen LogP contribution in [0.25, 0.3) is 0 Å². The third kappa shape index (κ3) is 5.78. The van der Waals surface area contributed by atoms with Crippen LogP contribution in [0, 0.1) is 0 Å². The van der Waals surface area contributed by atoms with Gasteiger partial charge in [-0.1, -0.05) is 12.0 Å². The van der Waals surface area contributed by atoms with Crippen LogP contribution in [0.1, 0.15) is 53.9 Å². The summed E-state index contributed by atoms with van der Waals surface area (Å²) < 4.78 is 121. The number of hydrogen-bond donors (Lipinski definition) is 1. The molecule has 38 heavy (non-hydrogen) atoms. The molecule has 1 aromatic carbocycles. The first-order chi connectivity index (χ1) is 17.6. The number of halogens is 9. The van der Waals surface area contributed by atoms with E-state index in [0.717, 1.165) is 10.9 Å². The van der Waals surface area contributed by atoms with Gasteiger partial charge < -0.3 is 10.2 Å². The lowest BCUT2D eigenvalue weighted by atomic mass is 9.93. The Morgan fingerprint density at radius 2 is 1.58 bits per heavy atom. The minimum Gasteiger partial charge on any atom is -0.381 e. The van der Waals surface area contributed by atoms with E-state index in [1.807, 2.05) is 6.92 Å². The Kier molecular flexibility index (Phi) is 6.95. The number of fused-ring (bicyclic) bond motifs is 1. The van der Waals surface area contributed by atoms with E-state index in [1.54, 1.807) is 0 Å². The fraction of sp³-hybridized carbons (Fsp3) is 0.455. The zero-order valence-electron chi connectivity index (χ0n) is 19.7. The Morgan fingerprint density at radius 3 is 2.08 bits per heavy atom. The maximum absolute atomic E-state index is 13.5. The van der Waals surface area contributed by atoms with Crippen LogP contribution in [0.4, 0.5) is 51.1 Å². The largest absolute Gasteiger partial charge is 0.433 e. The number of hydrogen-bond acceptors (Lipinski definition) is 6. The molecule has 1 aliphatic heterocycles. The van der Waals surface area contributed by atoms with E-state index in [0.29, 0.717) is 18.6 Å². The molecule has 206 valence electrons. The third-order valence-electron chi connectivity index (χ3n) is 6.02. The summed E-state index contributed by atoms with van der Waals surface area (Å²) in [6.07, 6.45) is -14.3. The molecule has 3 heterocycles. The summed E-state index contributed by atoms with van der Waals surface area (Å²) >= 11 is 0. The molecule has 4 rings (SSSR count). The smallest absolute Gasteiger partial charge is 0.381 e. The van der Waals surface area contributed by atoms with Crippen molar-refractivity contribution in [3.8, 4) is 0 Å². The number of nitrogens with zero attached hydrogens (tertiary/aromatic N) is 6. The molecular formula is C22H20F9N7. The predicted octanol–water partition coefficient (Wildman–Crippen LogP) is 6.00. The van der Waals surface area contributed by atoms with E-state index in [1.165, 1.54) is 18.0 Å². The standard InChI is InChI=1S/C22H20F9N7/c1-3-14-9-16(18-15(32-14)4-5-17(33-18)22(29,30)31)38(19-34-36-37(2)35-19)10-11-6-12(20(23,24)25)8-13(7-11)21(26,27)28/h4-8,14,16,32H,3,9-10H2,1-2H3. The Balaban J connectivity index is 1.87. The maximum atomic E-state index is 13.5. The maximum Gasteiger partial charge on any atom is 0.433 e. The highest BCUT2D eigenvalue weighted by Crippen LogP contribution is 2.42. The van der Waals surface area contributed by atoms with Gasteiger partial charge in [-0.15, -0.1) is 5.10 Å². The van der Waals surface area contributed by atoms with Gasteiger partial charge in [0.05, 0.1) is 35.6 Å². The normalized spacial score (nSPS) is 18.2. The van der Waals surface area contributed by atoms with Gasteiger partial charge in [-0.3, -0.25) is 0 Å². The van der Waals surface area contributed by atoms with Gasteiger partial charge in [-0.05, 0) is 54.0 Å². The lowest BCUT2D eigenvalue weighted by molar-refractivity contribution is -0.143. The second-order valence-corrected chi connectivity index (χ2v) is 8.75. The number of rotatable bonds is 5. The van der Waals surface area contributed by atoms with Crippen molar-refractivity contribution in [1.29, 1.82) is 0 Å². The molecule has 0 aliphatic carbocycles. The molecule has 2 unspecified atom stereocenters. The van der Waals surface area contributed by atoms with E-state index < -0.39 is 53.5 Å². The van der Waals surface area contributed by atoms with Gasteiger partial charge in [0.2, 0.25) is 0 Å². The first-order valence-electron chi connectivity index (χ1n) is 11.2. The molecule has 0 bridgehead atoms. The highest BCUT2D eigenvalue weighted by Gasteiger charge is 2.40. The molecule has 2 aromatic heterocycles. The number of tetrazole rings is 1. The number of aromatic nitrogens is 5. The monoisotopic (exact) mass is 553 g/mol. The molecule has 0 saturated carbocycles. The quantitative estimate of drug-likeness (QED) is 0.391. The molecule has 2 atom stereocenters.